The van der Waals surface area contributed by atoms with Crippen molar-refractivity contribution in [3.63, 3.8) is 0 Å². The number of rotatable bonds is 4. The van der Waals surface area contributed by atoms with Crippen molar-refractivity contribution in [1.82, 2.24) is 10.3 Å². The minimum atomic E-state index is -0.378. The Kier molecular flexibility index (Phi) is 5.67. The fourth-order valence-electron chi connectivity index (χ4n) is 1.71. The quantitative estimate of drug-likeness (QED) is 0.519. The molecule has 5 nitrogen and oxygen atoms in total. The van der Waals surface area contributed by atoms with Crippen molar-refractivity contribution >= 4 is 29.9 Å². The van der Waals surface area contributed by atoms with Crippen LogP contribution in [0.2, 0.25) is 0 Å². The topological polar surface area (TPSA) is 68.1 Å². The van der Waals surface area contributed by atoms with Gasteiger partial charge in [0.15, 0.2) is 5.03 Å². The van der Waals surface area contributed by atoms with Gasteiger partial charge < -0.3 is 5.32 Å². The summed E-state index contributed by atoms with van der Waals surface area (Å²) in [4.78, 5) is 14.4. The molecule has 1 N–H and O–H groups in total. The molecular weight excluding hydrogens is 262 g/mol. The lowest BCUT2D eigenvalue weighted by Gasteiger charge is -2.08. The van der Waals surface area contributed by atoms with Crippen molar-refractivity contribution < 1.29 is 4.92 Å². The molecule has 94 valence electrons. The van der Waals surface area contributed by atoms with Gasteiger partial charge in [-0.1, -0.05) is 11.8 Å². The Morgan fingerprint density at radius 2 is 2.47 bits per heavy atom. The molecule has 2 rings (SSSR count). The Morgan fingerprint density at radius 1 is 1.65 bits per heavy atom. The van der Waals surface area contributed by atoms with Crippen molar-refractivity contribution in [2.24, 2.45) is 0 Å². The zero-order chi connectivity index (χ0) is 11.4. The molecule has 1 aliphatic heterocycles. The highest BCUT2D eigenvalue weighted by Gasteiger charge is 2.18. The van der Waals surface area contributed by atoms with Crippen LogP contribution in [0.1, 0.15) is 12.8 Å². The molecule has 1 aromatic heterocycles. The number of hydrogen-bond donors (Lipinski definition) is 1. The Bertz CT molecular complexity index is 386. The van der Waals surface area contributed by atoms with Crippen molar-refractivity contribution in [3.05, 3.63) is 28.4 Å². The van der Waals surface area contributed by atoms with Gasteiger partial charge in [0, 0.05) is 24.1 Å². The lowest BCUT2D eigenvalue weighted by Crippen LogP contribution is -2.23. The number of halogens is 1. The molecule has 0 aliphatic carbocycles. The summed E-state index contributed by atoms with van der Waals surface area (Å²) >= 11 is 1.46. The molecule has 1 saturated heterocycles. The summed E-state index contributed by atoms with van der Waals surface area (Å²) in [5, 5.41) is 14.6. The highest BCUT2D eigenvalue weighted by atomic mass is 35.5. The summed E-state index contributed by atoms with van der Waals surface area (Å²) in [5.74, 6) is 0.845. The Hall–Kier alpha value is -0.850. The number of nitrogens with one attached hydrogen (secondary N) is 1. The van der Waals surface area contributed by atoms with Gasteiger partial charge in [-0.15, -0.1) is 12.4 Å². The Balaban J connectivity index is 0.00000144. The minimum absolute atomic E-state index is 0. The highest BCUT2D eigenvalue weighted by Crippen LogP contribution is 2.27. The first-order valence-corrected chi connectivity index (χ1v) is 6.21. The zero-order valence-corrected chi connectivity index (χ0v) is 10.8. The number of nitrogens with zero attached hydrogens (tertiary/aromatic N) is 2. The van der Waals surface area contributed by atoms with Crippen molar-refractivity contribution in [1.29, 1.82) is 0 Å². The first-order valence-electron chi connectivity index (χ1n) is 5.23. The van der Waals surface area contributed by atoms with Gasteiger partial charge in [0.05, 0.1) is 4.92 Å². The molecule has 7 heteroatoms. The van der Waals surface area contributed by atoms with Crippen molar-refractivity contribution in [2.75, 3.05) is 12.3 Å². The van der Waals surface area contributed by atoms with Crippen LogP contribution in [0.3, 0.4) is 0 Å². The summed E-state index contributed by atoms with van der Waals surface area (Å²) in [5.41, 5.74) is 0.102. The molecule has 0 amide bonds. The van der Waals surface area contributed by atoms with E-state index in [0.29, 0.717) is 11.1 Å². The van der Waals surface area contributed by atoms with Gasteiger partial charge in [-0.05, 0) is 25.5 Å². The van der Waals surface area contributed by atoms with Crippen LogP contribution < -0.4 is 5.32 Å². The van der Waals surface area contributed by atoms with E-state index in [1.54, 1.807) is 12.3 Å². The zero-order valence-electron chi connectivity index (χ0n) is 9.17. The van der Waals surface area contributed by atoms with Crippen LogP contribution in [0, 0.1) is 10.1 Å². The molecule has 0 radical (unpaired) electrons. The number of aromatic nitrogens is 1. The average molecular weight is 276 g/mol. The van der Waals surface area contributed by atoms with Gasteiger partial charge in [0.25, 0.3) is 0 Å². The van der Waals surface area contributed by atoms with Gasteiger partial charge in [0.2, 0.25) is 0 Å². The maximum absolute atomic E-state index is 10.8. The molecule has 1 aliphatic rings. The third kappa shape index (κ3) is 3.83. The van der Waals surface area contributed by atoms with E-state index >= 15 is 0 Å². The van der Waals surface area contributed by atoms with Gasteiger partial charge >= 0.3 is 5.69 Å². The molecule has 2 heterocycles. The largest absolute Gasteiger partial charge is 0.313 e. The summed E-state index contributed by atoms with van der Waals surface area (Å²) in [6, 6.07) is 3.56. The molecule has 17 heavy (non-hydrogen) atoms. The third-order valence-electron chi connectivity index (χ3n) is 2.53. The van der Waals surface area contributed by atoms with E-state index in [-0.39, 0.29) is 23.0 Å². The number of thioether (sulfide) groups is 1. The molecule has 1 aromatic rings. The standard InChI is InChI=1S/C10H13N3O2S.ClH/c14-13(15)9-4-2-6-12-10(9)16-7-8-3-1-5-11-8;/h2,4,6,8,11H,1,3,5,7H2;1H. The molecule has 0 spiro atoms. The molecule has 0 saturated carbocycles. The lowest BCUT2D eigenvalue weighted by atomic mass is 10.3. The average Bonchev–Trinajstić information content (AvgIpc) is 2.79. The van der Waals surface area contributed by atoms with E-state index in [1.165, 1.54) is 24.2 Å². The SMILES string of the molecule is Cl.O=[N+]([O-])c1cccnc1SCC1CCCN1. The van der Waals surface area contributed by atoms with Crippen molar-refractivity contribution in [2.45, 2.75) is 23.9 Å². The number of pyridine rings is 1. The predicted octanol–water partition coefficient (Wildman–Crippen LogP) is 2.26. The van der Waals surface area contributed by atoms with E-state index in [4.69, 9.17) is 0 Å². The number of nitro groups is 1. The van der Waals surface area contributed by atoms with E-state index in [2.05, 4.69) is 10.3 Å². The summed E-state index contributed by atoms with van der Waals surface area (Å²) < 4.78 is 0. The van der Waals surface area contributed by atoms with Gasteiger partial charge in [-0.2, -0.15) is 0 Å². The third-order valence-corrected chi connectivity index (χ3v) is 3.69. The Labute approximate surface area is 110 Å². The molecule has 1 atom stereocenters. The smallest absolute Gasteiger partial charge is 0.301 e. The molecule has 1 fully saturated rings. The minimum Gasteiger partial charge on any atom is -0.313 e. The van der Waals surface area contributed by atoms with E-state index in [0.717, 1.165) is 18.7 Å². The lowest BCUT2D eigenvalue weighted by molar-refractivity contribution is -0.388. The summed E-state index contributed by atoms with van der Waals surface area (Å²) in [7, 11) is 0. The van der Waals surface area contributed by atoms with Crippen LogP contribution in [-0.2, 0) is 0 Å². The number of hydrogen-bond acceptors (Lipinski definition) is 5. The maximum atomic E-state index is 10.8. The van der Waals surface area contributed by atoms with Crippen LogP contribution in [-0.4, -0.2) is 28.2 Å². The second-order valence-electron chi connectivity index (χ2n) is 3.69. The molecule has 0 aromatic carbocycles. The molecular formula is C10H14ClN3O2S. The summed E-state index contributed by atoms with van der Waals surface area (Å²) in [6.45, 7) is 1.05. The highest BCUT2D eigenvalue weighted by molar-refractivity contribution is 7.99. The van der Waals surface area contributed by atoms with Crippen molar-refractivity contribution in [3.8, 4) is 0 Å². The van der Waals surface area contributed by atoms with E-state index in [1.807, 2.05) is 0 Å². The monoisotopic (exact) mass is 275 g/mol. The Morgan fingerprint density at radius 3 is 3.12 bits per heavy atom. The molecule has 1 unspecified atom stereocenters. The van der Waals surface area contributed by atoms with Gasteiger partial charge in [-0.25, -0.2) is 4.98 Å². The van der Waals surface area contributed by atoms with Crippen LogP contribution in [0.5, 0.6) is 0 Å². The van der Waals surface area contributed by atoms with Gasteiger partial charge in [-0.3, -0.25) is 10.1 Å². The van der Waals surface area contributed by atoms with Crippen LogP contribution in [0.15, 0.2) is 23.4 Å². The van der Waals surface area contributed by atoms with Crippen LogP contribution >= 0.6 is 24.2 Å². The maximum Gasteiger partial charge on any atom is 0.301 e. The predicted molar refractivity (Wildman–Crippen MR) is 69.9 cm³/mol. The first kappa shape index (κ1) is 14.2. The second-order valence-corrected chi connectivity index (χ2v) is 4.70. The fraction of sp³-hybridized carbons (Fsp3) is 0.500. The fourth-order valence-corrected chi connectivity index (χ4v) is 2.78. The van der Waals surface area contributed by atoms with E-state index < -0.39 is 0 Å². The van der Waals surface area contributed by atoms with Crippen LogP contribution in [0.25, 0.3) is 0 Å². The van der Waals surface area contributed by atoms with Crippen LogP contribution in [0.4, 0.5) is 5.69 Å². The van der Waals surface area contributed by atoms with Gasteiger partial charge in [0.1, 0.15) is 0 Å². The molecule has 0 bridgehead atoms. The normalized spacial score (nSPS) is 18.7. The first-order chi connectivity index (χ1) is 7.77. The second kappa shape index (κ2) is 6.78. The van der Waals surface area contributed by atoms with E-state index in [9.17, 15) is 10.1 Å². The summed E-state index contributed by atoms with van der Waals surface area (Å²) in [6.07, 6.45) is 3.93.